The highest BCUT2D eigenvalue weighted by Gasteiger charge is 2.29. The number of hydrogen-bond donors (Lipinski definition) is 0. The molecule has 1 aliphatic heterocycles. The van der Waals surface area contributed by atoms with Crippen LogP contribution in [0.1, 0.15) is 30.1 Å². The molecular formula is C15H17BrFNO3. The molecule has 0 radical (unpaired) electrons. The third-order valence-electron chi connectivity index (χ3n) is 3.58. The van der Waals surface area contributed by atoms with E-state index in [4.69, 9.17) is 4.74 Å². The second kappa shape index (κ2) is 7.02. The topological polar surface area (TPSA) is 46.6 Å². The maximum absolute atomic E-state index is 13.9. The molecule has 0 N–H and O–H groups in total. The fourth-order valence-corrected chi connectivity index (χ4v) is 2.78. The van der Waals surface area contributed by atoms with Crippen LogP contribution in [0.5, 0.6) is 0 Å². The number of benzene rings is 1. The number of piperidine rings is 1. The van der Waals surface area contributed by atoms with Gasteiger partial charge in [0.2, 0.25) is 0 Å². The Morgan fingerprint density at radius 1 is 1.38 bits per heavy atom. The van der Waals surface area contributed by atoms with Crippen LogP contribution in [0.25, 0.3) is 0 Å². The summed E-state index contributed by atoms with van der Waals surface area (Å²) in [5, 5.41) is 0. The molecule has 0 atom stereocenters. The van der Waals surface area contributed by atoms with Gasteiger partial charge in [0.15, 0.2) is 0 Å². The van der Waals surface area contributed by atoms with Crippen molar-refractivity contribution in [2.45, 2.75) is 19.8 Å². The molecule has 1 aliphatic rings. The highest BCUT2D eigenvalue weighted by molar-refractivity contribution is 9.10. The summed E-state index contributed by atoms with van der Waals surface area (Å²) in [6, 6.07) is 4.66. The zero-order chi connectivity index (χ0) is 15.4. The summed E-state index contributed by atoms with van der Waals surface area (Å²) >= 11 is 3.08. The van der Waals surface area contributed by atoms with E-state index in [-0.39, 0.29) is 27.8 Å². The van der Waals surface area contributed by atoms with Gasteiger partial charge in [-0.15, -0.1) is 0 Å². The fourth-order valence-electron chi connectivity index (χ4n) is 2.42. The highest BCUT2D eigenvalue weighted by Crippen LogP contribution is 2.23. The van der Waals surface area contributed by atoms with Gasteiger partial charge in [-0.3, -0.25) is 9.59 Å². The molecule has 0 aliphatic carbocycles. The van der Waals surface area contributed by atoms with Crippen molar-refractivity contribution in [3.63, 3.8) is 0 Å². The second-order valence-corrected chi connectivity index (χ2v) is 5.77. The molecule has 1 heterocycles. The molecule has 1 fully saturated rings. The molecule has 1 saturated heterocycles. The van der Waals surface area contributed by atoms with Gasteiger partial charge in [0, 0.05) is 13.1 Å². The molecule has 6 heteroatoms. The van der Waals surface area contributed by atoms with Gasteiger partial charge in [-0.2, -0.15) is 0 Å². The Morgan fingerprint density at radius 2 is 2.05 bits per heavy atom. The number of carbonyl (C=O) groups is 2. The number of likely N-dealkylation sites (tertiary alicyclic amines) is 1. The van der Waals surface area contributed by atoms with Gasteiger partial charge in [-0.25, -0.2) is 4.39 Å². The van der Waals surface area contributed by atoms with Crippen LogP contribution in [0.3, 0.4) is 0 Å². The van der Waals surface area contributed by atoms with Gasteiger partial charge in [0.05, 0.1) is 22.6 Å². The van der Waals surface area contributed by atoms with Gasteiger partial charge in [0.25, 0.3) is 5.91 Å². The van der Waals surface area contributed by atoms with Crippen molar-refractivity contribution in [2.75, 3.05) is 19.7 Å². The number of halogens is 2. The number of ether oxygens (including phenoxy) is 1. The van der Waals surface area contributed by atoms with Crippen LogP contribution in [-0.2, 0) is 9.53 Å². The minimum absolute atomic E-state index is 0.0546. The summed E-state index contributed by atoms with van der Waals surface area (Å²) in [7, 11) is 0. The van der Waals surface area contributed by atoms with Gasteiger partial charge < -0.3 is 9.64 Å². The van der Waals surface area contributed by atoms with Crippen molar-refractivity contribution in [1.29, 1.82) is 0 Å². The molecule has 0 saturated carbocycles. The van der Waals surface area contributed by atoms with Crippen molar-refractivity contribution in [3.05, 3.63) is 34.1 Å². The van der Waals surface area contributed by atoms with Crippen molar-refractivity contribution in [3.8, 4) is 0 Å². The van der Waals surface area contributed by atoms with Crippen LogP contribution in [0.15, 0.2) is 22.7 Å². The van der Waals surface area contributed by atoms with Gasteiger partial charge in [-0.1, -0.05) is 6.07 Å². The van der Waals surface area contributed by atoms with Crippen LogP contribution >= 0.6 is 15.9 Å². The molecule has 0 unspecified atom stereocenters. The summed E-state index contributed by atoms with van der Waals surface area (Å²) in [5.74, 6) is -1.26. The van der Waals surface area contributed by atoms with Crippen LogP contribution in [-0.4, -0.2) is 36.5 Å². The Morgan fingerprint density at radius 3 is 2.67 bits per heavy atom. The first-order valence-electron chi connectivity index (χ1n) is 6.94. The molecule has 21 heavy (non-hydrogen) atoms. The maximum Gasteiger partial charge on any atom is 0.309 e. The molecule has 1 aromatic rings. The van der Waals surface area contributed by atoms with Gasteiger partial charge in [0.1, 0.15) is 5.82 Å². The van der Waals surface area contributed by atoms with E-state index in [9.17, 15) is 14.0 Å². The van der Waals surface area contributed by atoms with Crippen molar-refractivity contribution >= 4 is 27.8 Å². The van der Waals surface area contributed by atoms with E-state index >= 15 is 0 Å². The van der Waals surface area contributed by atoms with Crippen LogP contribution < -0.4 is 0 Å². The number of nitrogens with zero attached hydrogens (tertiary/aromatic N) is 1. The Kier molecular flexibility index (Phi) is 5.33. The average Bonchev–Trinajstić information content (AvgIpc) is 2.50. The Labute approximate surface area is 131 Å². The first kappa shape index (κ1) is 15.9. The number of rotatable bonds is 3. The largest absolute Gasteiger partial charge is 0.466 e. The lowest BCUT2D eigenvalue weighted by atomic mass is 9.96. The van der Waals surface area contributed by atoms with E-state index in [1.54, 1.807) is 24.0 Å². The first-order valence-corrected chi connectivity index (χ1v) is 7.73. The smallest absolute Gasteiger partial charge is 0.309 e. The van der Waals surface area contributed by atoms with Gasteiger partial charge >= 0.3 is 5.97 Å². The summed E-state index contributed by atoms with van der Waals surface area (Å²) in [5.41, 5.74) is 0.0546. The van der Waals surface area contributed by atoms with E-state index in [1.165, 1.54) is 6.07 Å². The quantitative estimate of drug-likeness (QED) is 0.781. The average molecular weight is 358 g/mol. The minimum Gasteiger partial charge on any atom is -0.466 e. The molecule has 0 bridgehead atoms. The van der Waals surface area contributed by atoms with Crippen LogP contribution in [0.4, 0.5) is 4.39 Å². The molecule has 1 amide bonds. The molecule has 1 aromatic carbocycles. The highest BCUT2D eigenvalue weighted by atomic mass is 79.9. The standard InChI is InChI=1S/C15H17BrFNO3/c1-2-21-15(20)10-6-8-18(9-7-10)14(19)11-4-3-5-12(16)13(11)17/h3-5,10H,2,6-9H2,1H3. The lowest BCUT2D eigenvalue weighted by Crippen LogP contribution is -2.41. The number of hydrogen-bond acceptors (Lipinski definition) is 3. The molecule has 0 aromatic heterocycles. The van der Waals surface area contributed by atoms with Crippen LogP contribution in [0, 0.1) is 11.7 Å². The third kappa shape index (κ3) is 3.61. The lowest BCUT2D eigenvalue weighted by molar-refractivity contribution is -0.149. The van der Waals surface area contributed by atoms with E-state index in [1.807, 2.05) is 0 Å². The predicted molar refractivity (Wildman–Crippen MR) is 79.4 cm³/mol. The Hall–Kier alpha value is -1.43. The number of carbonyl (C=O) groups excluding carboxylic acids is 2. The molecule has 2 rings (SSSR count). The Balaban J connectivity index is 2.00. The van der Waals surface area contributed by atoms with Crippen molar-refractivity contribution in [2.24, 2.45) is 5.92 Å². The van der Waals surface area contributed by atoms with Crippen molar-refractivity contribution in [1.82, 2.24) is 4.90 Å². The monoisotopic (exact) mass is 357 g/mol. The summed E-state index contributed by atoms with van der Waals surface area (Å²) in [6.45, 7) is 3.01. The maximum atomic E-state index is 13.9. The second-order valence-electron chi connectivity index (χ2n) is 4.92. The summed E-state index contributed by atoms with van der Waals surface area (Å²) < 4.78 is 19.2. The number of amides is 1. The zero-order valence-electron chi connectivity index (χ0n) is 11.8. The minimum atomic E-state index is -0.546. The Bertz CT molecular complexity index is 542. The third-order valence-corrected chi connectivity index (χ3v) is 4.20. The zero-order valence-corrected chi connectivity index (χ0v) is 13.4. The predicted octanol–water partition coefficient (Wildman–Crippen LogP) is 3.00. The SMILES string of the molecule is CCOC(=O)C1CCN(C(=O)c2cccc(Br)c2F)CC1. The molecule has 0 spiro atoms. The van der Waals surface area contributed by atoms with E-state index in [0.717, 1.165) is 0 Å². The molecule has 114 valence electrons. The summed E-state index contributed by atoms with van der Waals surface area (Å²) in [6.07, 6.45) is 1.11. The molecular weight excluding hydrogens is 341 g/mol. The number of esters is 1. The van der Waals surface area contributed by atoms with E-state index in [0.29, 0.717) is 32.5 Å². The normalized spacial score (nSPS) is 15.9. The van der Waals surface area contributed by atoms with Crippen LogP contribution in [0.2, 0.25) is 0 Å². The first-order chi connectivity index (χ1) is 10.0. The van der Waals surface area contributed by atoms with E-state index < -0.39 is 5.82 Å². The van der Waals surface area contributed by atoms with Crippen molar-refractivity contribution < 1.29 is 18.7 Å². The van der Waals surface area contributed by atoms with E-state index in [2.05, 4.69) is 15.9 Å². The summed E-state index contributed by atoms with van der Waals surface area (Å²) in [4.78, 5) is 25.6. The molecule has 4 nitrogen and oxygen atoms in total. The van der Waals surface area contributed by atoms with Gasteiger partial charge in [-0.05, 0) is 47.8 Å². The fraction of sp³-hybridized carbons (Fsp3) is 0.467. The lowest BCUT2D eigenvalue weighted by Gasteiger charge is -2.31.